The molecule has 8 heteroatoms. The summed E-state index contributed by atoms with van der Waals surface area (Å²) in [6.07, 6.45) is 0.904. The Hall–Kier alpha value is -2.32. The summed E-state index contributed by atoms with van der Waals surface area (Å²) in [5.74, 6) is -2.67. The van der Waals surface area contributed by atoms with E-state index in [1.807, 2.05) is 6.92 Å². The van der Waals surface area contributed by atoms with Crippen molar-refractivity contribution in [3.05, 3.63) is 59.7 Å². The fraction of sp³-hybridized carbons (Fsp3) is 0.278. The van der Waals surface area contributed by atoms with Crippen molar-refractivity contribution in [2.24, 2.45) is 0 Å². The minimum Gasteiger partial charge on any atom is -0.325 e. The first kappa shape index (κ1) is 18.5. The first-order valence-corrected chi connectivity index (χ1v) is 9.57. The average Bonchev–Trinajstić information content (AvgIpc) is 3.09. The van der Waals surface area contributed by atoms with Crippen LogP contribution in [0.15, 0.2) is 47.4 Å². The molecule has 0 spiro atoms. The molecule has 0 radical (unpaired) electrons. The molecule has 3 rings (SSSR count). The Labute approximate surface area is 150 Å². The molecule has 1 heterocycles. The molecule has 1 aliphatic rings. The molecule has 0 saturated carbocycles. The van der Waals surface area contributed by atoms with Crippen LogP contribution in [0.2, 0.25) is 0 Å². The molecule has 1 unspecified atom stereocenters. The summed E-state index contributed by atoms with van der Waals surface area (Å²) >= 11 is 0. The van der Waals surface area contributed by atoms with Crippen LogP contribution in [0.1, 0.15) is 18.4 Å². The standard InChI is InChI=1S/C18H18F2N2O3S/c1-12-4-7-14(8-5-12)26(24,25)22-10-2-3-17(22)18(23)21-13-6-9-15(19)16(20)11-13/h4-9,11,17H,2-3,10H2,1H3,(H,21,23). The molecule has 138 valence electrons. The third-order valence-electron chi connectivity index (χ3n) is 4.32. The molecule has 1 N–H and O–H groups in total. The lowest BCUT2D eigenvalue weighted by molar-refractivity contribution is -0.119. The number of hydrogen-bond acceptors (Lipinski definition) is 3. The number of anilines is 1. The topological polar surface area (TPSA) is 66.5 Å². The number of nitrogens with one attached hydrogen (secondary N) is 1. The number of nitrogens with zero attached hydrogens (tertiary/aromatic N) is 1. The van der Waals surface area contributed by atoms with E-state index in [0.717, 1.165) is 22.0 Å². The van der Waals surface area contributed by atoms with Gasteiger partial charge >= 0.3 is 0 Å². The molecular weight excluding hydrogens is 362 g/mol. The summed E-state index contributed by atoms with van der Waals surface area (Å²) in [4.78, 5) is 12.6. The van der Waals surface area contributed by atoms with Gasteiger partial charge in [-0.1, -0.05) is 17.7 Å². The Morgan fingerprint density at radius 3 is 2.46 bits per heavy atom. The number of aryl methyl sites for hydroxylation is 1. The number of benzene rings is 2. The Morgan fingerprint density at radius 2 is 1.81 bits per heavy atom. The summed E-state index contributed by atoms with van der Waals surface area (Å²) in [7, 11) is -3.82. The highest BCUT2D eigenvalue weighted by Crippen LogP contribution is 2.27. The normalized spacial score (nSPS) is 18.0. The lowest BCUT2D eigenvalue weighted by Crippen LogP contribution is -2.43. The average molecular weight is 380 g/mol. The van der Waals surface area contributed by atoms with E-state index in [4.69, 9.17) is 0 Å². The molecule has 1 atom stereocenters. The number of amides is 1. The second-order valence-electron chi connectivity index (χ2n) is 6.20. The van der Waals surface area contributed by atoms with Crippen molar-refractivity contribution in [3.63, 3.8) is 0 Å². The van der Waals surface area contributed by atoms with Gasteiger partial charge in [0.2, 0.25) is 15.9 Å². The number of hydrogen-bond donors (Lipinski definition) is 1. The van der Waals surface area contributed by atoms with Crippen molar-refractivity contribution in [1.29, 1.82) is 0 Å². The lowest BCUT2D eigenvalue weighted by atomic mass is 10.2. The van der Waals surface area contributed by atoms with Crippen LogP contribution in [0.4, 0.5) is 14.5 Å². The van der Waals surface area contributed by atoms with Gasteiger partial charge in [0.15, 0.2) is 11.6 Å². The Kier molecular flexibility index (Phi) is 5.06. The maximum absolute atomic E-state index is 13.3. The number of carbonyl (C=O) groups is 1. The minimum absolute atomic E-state index is 0.0773. The van der Waals surface area contributed by atoms with E-state index < -0.39 is 33.6 Å². The molecular formula is C18H18F2N2O3S. The van der Waals surface area contributed by atoms with Crippen LogP contribution in [-0.2, 0) is 14.8 Å². The molecule has 1 amide bonds. The number of sulfonamides is 1. The second kappa shape index (κ2) is 7.13. The number of rotatable bonds is 4. The van der Waals surface area contributed by atoms with E-state index in [9.17, 15) is 22.0 Å². The highest BCUT2D eigenvalue weighted by atomic mass is 32.2. The van der Waals surface area contributed by atoms with Crippen LogP contribution in [0.25, 0.3) is 0 Å². The van der Waals surface area contributed by atoms with Crippen molar-refractivity contribution >= 4 is 21.6 Å². The Balaban J connectivity index is 1.81. The summed E-state index contributed by atoms with van der Waals surface area (Å²) in [5.41, 5.74) is 1.01. The number of carbonyl (C=O) groups excluding carboxylic acids is 1. The highest BCUT2D eigenvalue weighted by molar-refractivity contribution is 7.89. The van der Waals surface area contributed by atoms with Crippen molar-refractivity contribution in [3.8, 4) is 0 Å². The fourth-order valence-electron chi connectivity index (χ4n) is 2.93. The molecule has 26 heavy (non-hydrogen) atoms. The zero-order valence-electron chi connectivity index (χ0n) is 14.1. The number of halogens is 2. The van der Waals surface area contributed by atoms with Gasteiger partial charge in [0.1, 0.15) is 6.04 Å². The van der Waals surface area contributed by atoms with Crippen LogP contribution in [-0.4, -0.2) is 31.2 Å². The maximum atomic E-state index is 13.3. The largest absolute Gasteiger partial charge is 0.325 e. The van der Waals surface area contributed by atoms with Gasteiger partial charge in [0.05, 0.1) is 4.90 Å². The molecule has 1 saturated heterocycles. The van der Waals surface area contributed by atoms with Crippen molar-refractivity contribution in [2.75, 3.05) is 11.9 Å². The van der Waals surface area contributed by atoms with Crippen LogP contribution in [0.3, 0.4) is 0 Å². The van der Waals surface area contributed by atoms with Crippen LogP contribution >= 0.6 is 0 Å². The fourth-order valence-corrected chi connectivity index (χ4v) is 4.59. The summed E-state index contributed by atoms with van der Waals surface area (Å²) in [6, 6.07) is 8.50. The molecule has 0 bridgehead atoms. The van der Waals surface area contributed by atoms with Crippen LogP contribution < -0.4 is 5.32 Å². The van der Waals surface area contributed by atoms with Gasteiger partial charge in [-0.25, -0.2) is 17.2 Å². The quantitative estimate of drug-likeness (QED) is 0.887. The van der Waals surface area contributed by atoms with Crippen LogP contribution in [0, 0.1) is 18.6 Å². The van der Waals surface area contributed by atoms with Gasteiger partial charge < -0.3 is 5.32 Å². The molecule has 1 aliphatic heterocycles. The smallest absolute Gasteiger partial charge is 0.243 e. The zero-order chi connectivity index (χ0) is 18.9. The molecule has 1 fully saturated rings. The Morgan fingerprint density at radius 1 is 1.12 bits per heavy atom. The zero-order valence-corrected chi connectivity index (χ0v) is 14.9. The van der Waals surface area contributed by atoms with Gasteiger partial charge in [-0.05, 0) is 44.0 Å². The first-order valence-electron chi connectivity index (χ1n) is 8.13. The van der Waals surface area contributed by atoms with Crippen molar-refractivity contribution in [2.45, 2.75) is 30.7 Å². The monoisotopic (exact) mass is 380 g/mol. The highest BCUT2D eigenvalue weighted by Gasteiger charge is 2.39. The Bertz CT molecular complexity index is 930. The van der Waals surface area contributed by atoms with Gasteiger partial charge in [-0.15, -0.1) is 0 Å². The van der Waals surface area contributed by atoms with Gasteiger partial charge in [0.25, 0.3) is 0 Å². The molecule has 2 aromatic carbocycles. The van der Waals surface area contributed by atoms with Crippen LogP contribution in [0.5, 0.6) is 0 Å². The maximum Gasteiger partial charge on any atom is 0.243 e. The lowest BCUT2D eigenvalue weighted by Gasteiger charge is -2.23. The molecule has 0 aliphatic carbocycles. The van der Waals surface area contributed by atoms with Crippen molar-refractivity contribution < 1.29 is 22.0 Å². The predicted octanol–water partition coefficient (Wildman–Crippen LogP) is 3.07. The summed E-state index contributed by atoms with van der Waals surface area (Å²) < 4.78 is 53.1. The van der Waals surface area contributed by atoms with Gasteiger partial charge in [0, 0.05) is 18.3 Å². The first-order chi connectivity index (χ1) is 12.3. The van der Waals surface area contributed by atoms with E-state index in [0.29, 0.717) is 12.8 Å². The van der Waals surface area contributed by atoms with E-state index in [1.54, 1.807) is 12.1 Å². The predicted molar refractivity (Wildman–Crippen MR) is 93.1 cm³/mol. The van der Waals surface area contributed by atoms with E-state index in [2.05, 4.69) is 5.32 Å². The van der Waals surface area contributed by atoms with E-state index in [1.165, 1.54) is 18.2 Å². The molecule has 5 nitrogen and oxygen atoms in total. The van der Waals surface area contributed by atoms with E-state index >= 15 is 0 Å². The summed E-state index contributed by atoms with van der Waals surface area (Å²) in [6.45, 7) is 2.08. The third-order valence-corrected chi connectivity index (χ3v) is 6.24. The second-order valence-corrected chi connectivity index (χ2v) is 8.10. The third kappa shape index (κ3) is 3.61. The van der Waals surface area contributed by atoms with Gasteiger partial charge in [-0.2, -0.15) is 4.31 Å². The summed E-state index contributed by atoms with van der Waals surface area (Å²) in [5, 5.41) is 2.46. The molecule has 0 aromatic heterocycles. The molecule has 2 aromatic rings. The van der Waals surface area contributed by atoms with Gasteiger partial charge in [-0.3, -0.25) is 4.79 Å². The van der Waals surface area contributed by atoms with Crippen molar-refractivity contribution in [1.82, 2.24) is 4.31 Å². The van der Waals surface area contributed by atoms with E-state index in [-0.39, 0.29) is 17.1 Å². The minimum atomic E-state index is -3.82. The SMILES string of the molecule is Cc1ccc(S(=O)(=O)N2CCCC2C(=O)Nc2ccc(F)c(F)c2)cc1.